The van der Waals surface area contributed by atoms with E-state index in [1.54, 1.807) is 7.11 Å². The molecule has 0 atom stereocenters. The second kappa shape index (κ2) is 7.25. The van der Waals surface area contributed by atoms with Gasteiger partial charge in [-0.05, 0) is 54.3 Å². The van der Waals surface area contributed by atoms with Crippen LogP contribution in [0.2, 0.25) is 0 Å². The summed E-state index contributed by atoms with van der Waals surface area (Å²) in [5, 5.41) is 2.33. The smallest absolute Gasteiger partial charge is 0.119 e. The first kappa shape index (κ1) is 14.0. The summed E-state index contributed by atoms with van der Waals surface area (Å²) in [7, 11) is 1.68. The Morgan fingerprint density at radius 2 is 1.58 bits per heavy atom. The largest absolute Gasteiger partial charge is 0.497 e. The van der Waals surface area contributed by atoms with E-state index in [-0.39, 0.29) is 0 Å². The molecule has 0 fully saturated rings. The van der Waals surface area contributed by atoms with E-state index in [1.165, 1.54) is 5.39 Å². The predicted molar refractivity (Wildman–Crippen MR) is 80.6 cm³/mol. The van der Waals surface area contributed by atoms with Crippen LogP contribution in [0.15, 0.2) is 36.4 Å². The van der Waals surface area contributed by atoms with E-state index < -0.39 is 0 Å². The summed E-state index contributed by atoms with van der Waals surface area (Å²) in [6.07, 6.45) is 3.23. The van der Waals surface area contributed by atoms with Gasteiger partial charge in [0.2, 0.25) is 0 Å². The third-order valence-electron chi connectivity index (χ3n) is 3.07. The minimum absolute atomic E-state index is 0.734. The number of hydrogen-bond donors (Lipinski definition) is 0. The molecule has 19 heavy (non-hydrogen) atoms. The zero-order valence-electron chi connectivity index (χ0n) is 11.2. The van der Waals surface area contributed by atoms with Crippen LogP contribution in [-0.2, 0) is 0 Å². The van der Waals surface area contributed by atoms with Gasteiger partial charge in [-0.2, -0.15) is 0 Å². The fraction of sp³-hybridized carbons (Fsp3) is 0.375. The van der Waals surface area contributed by atoms with Crippen molar-refractivity contribution in [2.24, 2.45) is 0 Å². The monoisotopic (exact) mass is 278 g/mol. The van der Waals surface area contributed by atoms with Crippen molar-refractivity contribution in [2.75, 3.05) is 19.6 Å². The van der Waals surface area contributed by atoms with Crippen molar-refractivity contribution in [1.82, 2.24) is 0 Å². The molecule has 0 saturated heterocycles. The SMILES string of the molecule is COc1ccc2cc(OCCCCCCl)ccc2c1. The zero-order valence-corrected chi connectivity index (χ0v) is 12.0. The number of fused-ring (bicyclic) bond motifs is 1. The minimum atomic E-state index is 0.734. The van der Waals surface area contributed by atoms with Crippen LogP contribution in [0.25, 0.3) is 10.8 Å². The molecule has 0 saturated carbocycles. The zero-order chi connectivity index (χ0) is 13.5. The number of unbranched alkanes of at least 4 members (excludes halogenated alkanes) is 2. The highest BCUT2D eigenvalue weighted by molar-refractivity contribution is 6.17. The summed E-state index contributed by atoms with van der Waals surface area (Å²) in [6.45, 7) is 0.749. The van der Waals surface area contributed by atoms with Gasteiger partial charge in [0.15, 0.2) is 0 Å². The van der Waals surface area contributed by atoms with Crippen LogP contribution >= 0.6 is 11.6 Å². The molecule has 0 N–H and O–H groups in total. The maximum Gasteiger partial charge on any atom is 0.119 e. The average molecular weight is 279 g/mol. The maximum atomic E-state index is 5.74. The van der Waals surface area contributed by atoms with Gasteiger partial charge in [0.1, 0.15) is 11.5 Å². The van der Waals surface area contributed by atoms with Crippen molar-refractivity contribution in [3.8, 4) is 11.5 Å². The maximum absolute atomic E-state index is 5.74. The van der Waals surface area contributed by atoms with Gasteiger partial charge in [0.05, 0.1) is 13.7 Å². The van der Waals surface area contributed by atoms with Crippen molar-refractivity contribution in [1.29, 1.82) is 0 Å². The van der Waals surface area contributed by atoms with E-state index in [2.05, 4.69) is 18.2 Å². The molecule has 2 aromatic rings. The normalized spacial score (nSPS) is 10.6. The van der Waals surface area contributed by atoms with E-state index in [4.69, 9.17) is 21.1 Å². The van der Waals surface area contributed by atoms with Gasteiger partial charge in [-0.3, -0.25) is 0 Å². The van der Waals surface area contributed by atoms with Gasteiger partial charge in [-0.1, -0.05) is 12.1 Å². The molecule has 2 rings (SSSR count). The topological polar surface area (TPSA) is 18.5 Å². The Hall–Kier alpha value is -1.41. The Morgan fingerprint density at radius 3 is 2.26 bits per heavy atom. The van der Waals surface area contributed by atoms with E-state index >= 15 is 0 Å². The number of rotatable bonds is 7. The predicted octanol–water partition coefficient (Wildman–Crippen LogP) is 4.64. The number of halogens is 1. The highest BCUT2D eigenvalue weighted by Gasteiger charge is 1.99. The van der Waals surface area contributed by atoms with Gasteiger partial charge in [0, 0.05) is 5.88 Å². The molecule has 2 aromatic carbocycles. The number of methoxy groups -OCH3 is 1. The molecule has 0 aliphatic carbocycles. The Morgan fingerprint density at radius 1 is 0.895 bits per heavy atom. The van der Waals surface area contributed by atoms with Gasteiger partial charge >= 0.3 is 0 Å². The number of ether oxygens (including phenoxy) is 2. The molecule has 0 bridgehead atoms. The molecule has 0 radical (unpaired) electrons. The molecular weight excluding hydrogens is 260 g/mol. The molecule has 0 unspecified atom stereocenters. The number of hydrogen-bond acceptors (Lipinski definition) is 2. The first-order chi connectivity index (χ1) is 9.33. The van der Waals surface area contributed by atoms with Crippen LogP contribution in [0.3, 0.4) is 0 Å². The lowest BCUT2D eigenvalue weighted by Gasteiger charge is -2.08. The first-order valence-corrected chi connectivity index (χ1v) is 7.13. The van der Waals surface area contributed by atoms with Crippen LogP contribution in [-0.4, -0.2) is 19.6 Å². The summed E-state index contributed by atoms with van der Waals surface area (Å²) in [4.78, 5) is 0. The average Bonchev–Trinajstić information content (AvgIpc) is 2.46. The van der Waals surface area contributed by atoms with Gasteiger partial charge in [-0.15, -0.1) is 11.6 Å². The summed E-state index contributed by atoms with van der Waals surface area (Å²) >= 11 is 5.64. The summed E-state index contributed by atoms with van der Waals surface area (Å²) in [6, 6.07) is 12.2. The molecular formula is C16H19ClO2. The Bertz CT molecular complexity index is 525. The quantitative estimate of drug-likeness (QED) is 0.543. The van der Waals surface area contributed by atoms with Crippen LogP contribution in [0.1, 0.15) is 19.3 Å². The van der Waals surface area contributed by atoms with Gasteiger partial charge in [-0.25, -0.2) is 0 Å². The van der Waals surface area contributed by atoms with E-state index in [1.807, 2.05) is 18.2 Å². The minimum Gasteiger partial charge on any atom is -0.497 e. The van der Waals surface area contributed by atoms with Crippen LogP contribution in [0.5, 0.6) is 11.5 Å². The molecule has 0 aliphatic rings. The Kier molecular flexibility index (Phi) is 5.34. The number of benzene rings is 2. The molecule has 0 amide bonds. The van der Waals surface area contributed by atoms with Crippen molar-refractivity contribution in [2.45, 2.75) is 19.3 Å². The lowest BCUT2D eigenvalue weighted by Crippen LogP contribution is -1.97. The molecule has 0 heterocycles. The van der Waals surface area contributed by atoms with E-state index in [9.17, 15) is 0 Å². The Balaban J connectivity index is 1.97. The molecule has 3 heteroatoms. The highest BCUT2D eigenvalue weighted by atomic mass is 35.5. The van der Waals surface area contributed by atoms with Gasteiger partial charge in [0.25, 0.3) is 0 Å². The molecule has 2 nitrogen and oxygen atoms in total. The van der Waals surface area contributed by atoms with E-state index in [0.717, 1.165) is 48.6 Å². The van der Waals surface area contributed by atoms with Gasteiger partial charge < -0.3 is 9.47 Å². The van der Waals surface area contributed by atoms with Crippen molar-refractivity contribution < 1.29 is 9.47 Å². The molecule has 0 spiro atoms. The molecule has 0 aliphatic heterocycles. The fourth-order valence-electron chi connectivity index (χ4n) is 1.98. The fourth-order valence-corrected chi connectivity index (χ4v) is 2.17. The van der Waals surface area contributed by atoms with Crippen molar-refractivity contribution >= 4 is 22.4 Å². The highest BCUT2D eigenvalue weighted by Crippen LogP contribution is 2.24. The van der Waals surface area contributed by atoms with E-state index in [0.29, 0.717) is 0 Å². The third kappa shape index (κ3) is 4.03. The summed E-state index contributed by atoms with van der Waals surface area (Å²) < 4.78 is 11.0. The first-order valence-electron chi connectivity index (χ1n) is 6.60. The Labute approximate surface area is 119 Å². The number of alkyl halides is 1. The molecule has 102 valence electrons. The lowest BCUT2D eigenvalue weighted by molar-refractivity contribution is 0.307. The standard InChI is InChI=1S/C16H19ClO2/c1-18-15-7-5-14-12-16(8-6-13(14)11-15)19-10-4-2-3-9-17/h5-8,11-12H,2-4,9-10H2,1H3. The van der Waals surface area contributed by atoms with Crippen molar-refractivity contribution in [3.05, 3.63) is 36.4 Å². The second-order valence-electron chi connectivity index (χ2n) is 4.47. The van der Waals surface area contributed by atoms with Crippen LogP contribution < -0.4 is 9.47 Å². The summed E-state index contributed by atoms with van der Waals surface area (Å²) in [5.74, 6) is 2.53. The lowest BCUT2D eigenvalue weighted by atomic mass is 10.1. The third-order valence-corrected chi connectivity index (χ3v) is 3.33. The van der Waals surface area contributed by atoms with Crippen LogP contribution in [0, 0.1) is 0 Å². The van der Waals surface area contributed by atoms with Crippen LogP contribution in [0.4, 0.5) is 0 Å². The molecule has 0 aromatic heterocycles. The summed E-state index contributed by atoms with van der Waals surface area (Å²) in [5.41, 5.74) is 0. The van der Waals surface area contributed by atoms with Crippen molar-refractivity contribution in [3.63, 3.8) is 0 Å². The second-order valence-corrected chi connectivity index (χ2v) is 4.85.